The van der Waals surface area contributed by atoms with Gasteiger partial charge in [-0.25, -0.2) is 0 Å². The van der Waals surface area contributed by atoms with Gasteiger partial charge >= 0.3 is 0 Å². The van der Waals surface area contributed by atoms with Crippen LogP contribution in [0.1, 0.15) is 30.0 Å². The van der Waals surface area contributed by atoms with E-state index in [-0.39, 0.29) is 6.61 Å². The van der Waals surface area contributed by atoms with Crippen LogP contribution in [0.4, 0.5) is 0 Å². The normalized spacial score (nSPS) is 12.0. The molecule has 0 saturated heterocycles. The highest BCUT2D eigenvalue weighted by atomic mass is 16.4. The molecule has 0 spiro atoms. The molecule has 0 bridgehead atoms. The van der Waals surface area contributed by atoms with Gasteiger partial charge in [0.15, 0.2) is 0 Å². The Morgan fingerprint density at radius 2 is 1.44 bits per heavy atom. The zero-order valence-electron chi connectivity index (χ0n) is 9.78. The van der Waals surface area contributed by atoms with E-state index in [9.17, 15) is 5.11 Å². The van der Waals surface area contributed by atoms with Gasteiger partial charge in [0, 0.05) is 0 Å². The van der Waals surface area contributed by atoms with Crippen LogP contribution >= 0.6 is 0 Å². The molecule has 0 saturated carbocycles. The highest BCUT2D eigenvalue weighted by Crippen LogP contribution is 2.33. The second-order valence-electron chi connectivity index (χ2n) is 4.31. The van der Waals surface area contributed by atoms with Crippen molar-refractivity contribution in [1.82, 2.24) is 0 Å². The molecule has 3 nitrogen and oxygen atoms in total. The van der Waals surface area contributed by atoms with Crippen LogP contribution in [0.15, 0.2) is 33.1 Å². The molecular formula is C13H16O3. The van der Waals surface area contributed by atoms with Gasteiger partial charge in [-0.05, 0) is 45.0 Å². The predicted molar refractivity (Wildman–Crippen MR) is 60.4 cm³/mol. The standard InChI is InChI=1S/C13H16O3/c1-9-4-6-11(15-9)13(3,8-14)12-7-5-10(2)16-12/h4-7,14H,8H2,1-3H3. The van der Waals surface area contributed by atoms with Gasteiger partial charge < -0.3 is 13.9 Å². The first kappa shape index (κ1) is 11.0. The summed E-state index contributed by atoms with van der Waals surface area (Å²) in [5.74, 6) is 3.11. The van der Waals surface area contributed by atoms with E-state index in [1.165, 1.54) is 0 Å². The SMILES string of the molecule is Cc1ccc(C(C)(CO)c2ccc(C)o2)o1. The lowest BCUT2D eigenvalue weighted by Gasteiger charge is -2.22. The Bertz CT molecular complexity index is 439. The van der Waals surface area contributed by atoms with Gasteiger partial charge in [0.1, 0.15) is 28.5 Å². The molecule has 3 heteroatoms. The third-order valence-corrected chi connectivity index (χ3v) is 2.88. The van der Waals surface area contributed by atoms with Crippen molar-refractivity contribution < 1.29 is 13.9 Å². The molecule has 0 atom stereocenters. The van der Waals surface area contributed by atoms with E-state index in [1.807, 2.05) is 45.0 Å². The summed E-state index contributed by atoms with van der Waals surface area (Å²) in [5.41, 5.74) is -0.609. The molecule has 16 heavy (non-hydrogen) atoms. The number of hydrogen-bond acceptors (Lipinski definition) is 3. The van der Waals surface area contributed by atoms with Gasteiger partial charge in [-0.1, -0.05) is 0 Å². The van der Waals surface area contributed by atoms with Crippen LogP contribution in [0.3, 0.4) is 0 Å². The second kappa shape index (κ2) is 3.83. The van der Waals surface area contributed by atoms with Gasteiger partial charge in [-0.15, -0.1) is 0 Å². The van der Waals surface area contributed by atoms with Crippen molar-refractivity contribution in [3.8, 4) is 0 Å². The quantitative estimate of drug-likeness (QED) is 0.865. The van der Waals surface area contributed by atoms with Crippen molar-refractivity contribution in [3.63, 3.8) is 0 Å². The van der Waals surface area contributed by atoms with Gasteiger partial charge in [0.05, 0.1) is 6.61 Å². The number of rotatable bonds is 3. The molecule has 0 unspecified atom stereocenters. The zero-order valence-corrected chi connectivity index (χ0v) is 9.78. The van der Waals surface area contributed by atoms with Crippen molar-refractivity contribution in [2.24, 2.45) is 0 Å². The Kier molecular flexibility index (Phi) is 2.64. The summed E-state index contributed by atoms with van der Waals surface area (Å²) in [5, 5.41) is 9.59. The third-order valence-electron chi connectivity index (χ3n) is 2.88. The lowest BCUT2D eigenvalue weighted by Crippen LogP contribution is -2.27. The lowest BCUT2D eigenvalue weighted by atomic mass is 9.86. The highest BCUT2D eigenvalue weighted by molar-refractivity contribution is 5.28. The van der Waals surface area contributed by atoms with Crippen molar-refractivity contribution in [2.75, 3.05) is 6.61 Å². The number of aryl methyl sites for hydroxylation is 2. The minimum atomic E-state index is -0.609. The molecule has 0 aliphatic carbocycles. The molecule has 2 aromatic rings. The molecule has 2 rings (SSSR count). The number of aliphatic hydroxyl groups excluding tert-OH is 1. The van der Waals surface area contributed by atoms with E-state index in [2.05, 4.69) is 0 Å². The smallest absolute Gasteiger partial charge is 0.119 e. The van der Waals surface area contributed by atoms with E-state index in [4.69, 9.17) is 8.83 Å². The maximum Gasteiger partial charge on any atom is 0.119 e. The fourth-order valence-corrected chi connectivity index (χ4v) is 1.74. The Morgan fingerprint density at radius 3 is 1.69 bits per heavy atom. The summed E-state index contributed by atoms with van der Waals surface area (Å²) in [6.45, 7) is 5.62. The summed E-state index contributed by atoms with van der Waals surface area (Å²) in [4.78, 5) is 0. The predicted octanol–water partition coefficient (Wildman–Crippen LogP) is 2.79. The summed E-state index contributed by atoms with van der Waals surface area (Å²) in [7, 11) is 0. The van der Waals surface area contributed by atoms with Crippen LogP contribution in [0.2, 0.25) is 0 Å². The average molecular weight is 220 g/mol. The Morgan fingerprint density at radius 1 is 1.00 bits per heavy atom. The van der Waals surface area contributed by atoms with Crippen LogP contribution in [-0.2, 0) is 5.41 Å². The molecule has 0 aliphatic rings. The first-order valence-electron chi connectivity index (χ1n) is 5.31. The summed E-state index contributed by atoms with van der Waals surface area (Å²) < 4.78 is 11.2. The Labute approximate surface area is 94.7 Å². The van der Waals surface area contributed by atoms with Gasteiger partial charge in [-0.3, -0.25) is 0 Å². The molecule has 86 valence electrons. The average Bonchev–Trinajstić information content (AvgIpc) is 2.86. The molecule has 2 heterocycles. The maximum atomic E-state index is 9.59. The van der Waals surface area contributed by atoms with Crippen molar-refractivity contribution >= 4 is 0 Å². The molecule has 0 fully saturated rings. The number of aliphatic hydroxyl groups is 1. The molecule has 0 radical (unpaired) electrons. The molecule has 2 aromatic heterocycles. The first-order chi connectivity index (χ1) is 7.56. The van der Waals surface area contributed by atoms with Crippen molar-refractivity contribution in [3.05, 3.63) is 47.3 Å². The highest BCUT2D eigenvalue weighted by Gasteiger charge is 2.34. The Hall–Kier alpha value is -1.48. The van der Waals surface area contributed by atoms with E-state index in [1.54, 1.807) is 0 Å². The minimum absolute atomic E-state index is 0.0487. The van der Waals surface area contributed by atoms with Gasteiger partial charge in [0.25, 0.3) is 0 Å². The molecule has 0 amide bonds. The van der Waals surface area contributed by atoms with Crippen LogP contribution < -0.4 is 0 Å². The third kappa shape index (κ3) is 1.67. The van der Waals surface area contributed by atoms with Crippen LogP contribution in [0.25, 0.3) is 0 Å². The maximum absolute atomic E-state index is 9.59. The largest absolute Gasteiger partial charge is 0.465 e. The molecular weight excluding hydrogens is 204 g/mol. The summed E-state index contributed by atoms with van der Waals surface area (Å²) >= 11 is 0. The fourth-order valence-electron chi connectivity index (χ4n) is 1.74. The number of furan rings is 2. The summed E-state index contributed by atoms with van der Waals surface area (Å²) in [6, 6.07) is 7.53. The van der Waals surface area contributed by atoms with E-state index >= 15 is 0 Å². The Balaban J connectivity index is 2.47. The monoisotopic (exact) mass is 220 g/mol. The minimum Gasteiger partial charge on any atom is -0.465 e. The molecule has 0 aromatic carbocycles. The van der Waals surface area contributed by atoms with E-state index in [0.29, 0.717) is 0 Å². The van der Waals surface area contributed by atoms with Crippen molar-refractivity contribution in [1.29, 1.82) is 0 Å². The fraction of sp³-hybridized carbons (Fsp3) is 0.385. The summed E-state index contributed by atoms with van der Waals surface area (Å²) in [6.07, 6.45) is 0. The van der Waals surface area contributed by atoms with Gasteiger partial charge in [-0.2, -0.15) is 0 Å². The van der Waals surface area contributed by atoms with Crippen LogP contribution in [-0.4, -0.2) is 11.7 Å². The van der Waals surface area contributed by atoms with Crippen molar-refractivity contribution in [2.45, 2.75) is 26.2 Å². The first-order valence-corrected chi connectivity index (χ1v) is 5.31. The van der Waals surface area contributed by atoms with E-state index in [0.717, 1.165) is 23.0 Å². The topological polar surface area (TPSA) is 46.5 Å². The number of hydrogen-bond donors (Lipinski definition) is 1. The van der Waals surface area contributed by atoms with Crippen LogP contribution in [0, 0.1) is 13.8 Å². The van der Waals surface area contributed by atoms with E-state index < -0.39 is 5.41 Å². The van der Waals surface area contributed by atoms with Gasteiger partial charge in [0.2, 0.25) is 0 Å². The molecule has 0 aliphatic heterocycles. The van der Waals surface area contributed by atoms with Crippen LogP contribution in [0.5, 0.6) is 0 Å². The zero-order chi connectivity index (χ0) is 11.8. The second-order valence-corrected chi connectivity index (χ2v) is 4.31. The molecule has 1 N–H and O–H groups in total. The lowest BCUT2D eigenvalue weighted by molar-refractivity contribution is 0.188.